The fourth-order valence-corrected chi connectivity index (χ4v) is 4.81. The van der Waals surface area contributed by atoms with Gasteiger partial charge in [-0.1, -0.05) is 12.8 Å². The van der Waals surface area contributed by atoms with E-state index in [2.05, 4.69) is 6.92 Å². The van der Waals surface area contributed by atoms with Gasteiger partial charge < -0.3 is 5.73 Å². The minimum atomic E-state index is 0.435. The van der Waals surface area contributed by atoms with Crippen molar-refractivity contribution in [3.05, 3.63) is 0 Å². The fraction of sp³-hybridized carbons (Fsp3) is 1.00. The van der Waals surface area contributed by atoms with E-state index in [0.717, 1.165) is 17.8 Å². The van der Waals surface area contributed by atoms with Gasteiger partial charge in [0.05, 0.1) is 0 Å². The van der Waals surface area contributed by atoms with Crippen LogP contribution in [0.4, 0.5) is 0 Å². The number of fused-ring (bicyclic) bond motifs is 2. The van der Waals surface area contributed by atoms with Gasteiger partial charge in [-0.15, -0.1) is 0 Å². The zero-order valence-electron chi connectivity index (χ0n) is 9.34. The molecular weight excluding hydrogens is 170 g/mol. The van der Waals surface area contributed by atoms with Crippen molar-refractivity contribution in [2.45, 2.75) is 57.9 Å². The molecule has 5 atom stereocenters. The maximum absolute atomic E-state index is 6.26. The molecule has 14 heavy (non-hydrogen) atoms. The van der Waals surface area contributed by atoms with Crippen molar-refractivity contribution in [3.8, 4) is 0 Å². The Labute approximate surface area is 87.4 Å². The molecule has 3 fully saturated rings. The predicted octanol–water partition coefficient (Wildman–Crippen LogP) is 2.94. The Kier molecular flexibility index (Phi) is 1.96. The molecule has 80 valence electrons. The molecule has 2 N–H and O–H groups in total. The van der Waals surface area contributed by atoms with Gasteiger partial charge in [0.15, 0.2) is 0 Å². The molecule has 1 heteroatoms. The molecule has 0 heterocycles. The van der Waals surface area contributed by atoms with Crippen molar-refractivity contribution < 1.29 is 0 Å². The summed E-state index contributed by atoms with van der Waals surface area (Å²) in [6.45, 7) is 2.26. The second-order valence-corrected chi connectivity index (χ2v) is 6.31. The van der Waals surface area contributed by atoms with Crippen LogP contribution in [-0.2, 0) is 0 Å². The molecule has 3 aliphatic carbocycles. The Balaban J connectivity index is 1.93. The summed E-state index contributed by atoms with van der Waals surface area (Å²) in [5.74, 6) is 3.19. The van der Waals surface area contributed by atoms with Crippen LogP contribution in [0, 0.1) is 23.2 Å². The standard InChI is InChI=1S/C13H23N/c1-9(14)13-4-2-3-11-5-10(7-13)6-12(11)8-13/h9-12H,2-8,14H2,1H3. The van der Waals surface area contributed by atoms with E-state index in [0.29, 0.717) is 11.5 Å². The highest BCUT2D eigenvalue weighted by Gasteiger charge is 2.50. The van der Waals surface area contributed by atoms with Gasteiger partial charge >= 0.3 is 0 Å². The van der Waals surface area contributed by atoms with E-state index in [9.17, 15) is 0 Å². The first kappa shape index (κ1) is 9.21. The Morgan fingerprint density at radius 2 is 2.00 bits per heavy atom. The lowest BCUT2D eigenvalue weighted by Crippen LogP contribution is -2.43. The fourth-order valence-electron chi connectivity index (χ4n) is 4.81. The monoisotopic (exact) mass is 193 g/mol. The Hall–Kier alpha value is -0.0400. The molecule has 1 nitrogen and oxygen atoms in total. The third-order valence-corrected chi connectivity index (χ3v) is 5.52. The second-order valence-electron chi connectivity index (χ2n) is 6.31. The van der Waals surface area contributed by atoms with E-state index < -0.39 is 0 Å². The molecule has 0 radical (unpaired) electrons. The predicted molar refractivity (Wildman–Crippen MR) is 58.9 cm³/mol. The molecular formula is C13H23N. The average Bonchev–Trinajstić information content (AvgIpc) is 2.33. The van der Waals surface area contributed by atoms with Gasteiger partial charge in [0.25, 0.3) is 0 Å². The van der Waals surface area contributed by atoms with Crippen molar-refractivity contribution in [2.75, 3.05) is 0 Å². The van der Waals surface area contributed by atoms with E-state index in [-0.39, 0.29) is 0 Å². The SMILES string of the molecule is CC(N)C12CCCC3CC(CC3C1)C2. The molecule has 0 aromatic rings. The minimum Gasteiger partial charge on any atom is -0.327 e. The maximum atomic E-state index is 6.26. The normalized spacial score (nSPS) is 53.1. The van der Waals surface area contributed by atoms with Crippen LogP contribution in [0.25, 0.3) is 0 Å². The van der Waals surface area contributed by atoms with Crippen LogP contribution in [0.15, 0.2) is 0 Å². The van der Waals surface area contributed by atoms with Crippen LogP contribution in [0.5, 0.6) is 0 Å². The smallest absolute Gasteiger partial charge is 0.00672 e. The minimum absolute atomic E-state index is 0.435. The van der Waals surface area contributed by atoms with Crippen LogP contribution in [0.1, 0.15) is 51.9 Å². The van der Waals surface area contributed by atoms with Gasteiger partial charge in [-0.2, -0.15) is 0 Å². The van der Waals surface area contributed by atoms with Gasteiger partial charge in [0.2, 0.25) is 0 Å². The van der Waals surface area contributed by atoms with Crippen LogP contribution < -0.4 is 5.73 Å². The van der Waals surface area contributed by atoms with Crippen LogP contribution in [0.2, 0.25) is 0 Å². The third kappa shape index (κ3) is 1.18. The maximum Gasteiger partial charge on any atom is 0.00672 e. The Bertz CT molecular complexity index is 235. The van der Waals surface area contributed by atoms with Crippen molar-refractivity contribution in [2.24, 2.45) is 28.9 Å². The average molecular weight is 193 g/mol. The highest BCUT2D eigenvalue weighted by atomic mass is 14.7. The zero-order chi connectivity index (χ0) is 9.76. The molecule has 0 aromatic carbocycles. The summed E-state index contributed by atoms with van der Waals surface area (Å²) in [4.78, 5) is 0. The number of hydrogen-bond donors (Lipinski definition) is 1. The summed E-state index contributed by atoms with van der Waals surface area (Å²) in [6.07, 6.45) is 10.4. The van der Waals surface area contributed by atoms with Gasteiger partial charge in [-0.25, -0.2) is 0 Å². The summed E-state index contributed by atoms with van der Waals surface area (Å²) in [7, 11) is 0. The molecule has 0 amide bonds. The van der Waals surface area contributed by atoms with Gasteiger partial charge in [-0.05, 0) is 62.2 Å². The summed E-state index contributed by atoms with van der Waals surface area (Å²) in [5, 5.41) is 0. The molecule has 5 unspecified atom stereocenters. The first-order valence-electron chi connectivity index (χ1n) is 6.45. The number of hydrogen-bond acceptors (Lipinski definition) is 1. The topological polar surface area (TPSA) is 26.0 Å². The molecule has 0 aliphatic heterocycles. The molecule has 0 spiro atoms. The van der Waals surface area contributed by atoms with Crippen LogP contribution >= 0.6 is 0 Å². The molecule has 0 aromatic heterocycles. The van der Waals surface area contributed by atoms with Crippen molar-refractivity contribution in [1.29, 1.82) is 0 Å². The van der Waals surface area contributed by atoms with Gasteiger partial charge in [0.1, 0.15) is 0 Å². The first-order valence-corrected chi connectivity index (χ1v) is 6.45. The summed E-state index contributed by atoms with van der Waals surface area (Å²) in [5.41, 5.74) is 6.81. The molecule has 3 saturated carbocycles. The lowest BCUT2D eigenvalue weighted by atomic mass is 9.64. The highest BCUT2D eigenvalue weighted by Crippen LogP contribution is 2.59. The van der Waals surface area contributed by atoms with Gasteiger partial charge in [-0.3, -0.25) is 0 Å². The molecule has 3 rings (SSSR count). The van der Waals surface area contributed by atoms with Crippen molar-refractivity contribution >= 4 is 0 Å². The summed E-state index contributed by atoms with van der Waals surface area (Å²) in [6, 6.07) is 0.435. The molecule has 0 saturated heterocycles. The quantitative estimate of drug-likeness (QED) is 0.681. The zero-order valence-corrected chi connectivity index (χ0v) is 9.34. The third-order valence-electron chi connectivity index (χ3n) is 5.52. The van der Waals surface area contributed by atoms with E-state index in [1.165, 1.54) is 32.1 Å². The van der Waals surface area contributed by atoms with E-state index in [1.54, 1.807) is 12.8 Å². The van der Waals surface area contributed by atoms with E-state index >= 15 is 0 Å². The molecule has 3 aliphatic rings. The molecule has 3 bridgehead atoms. The summed E-state index contributed by atoms with van der Waals surface area (Å²) >= 11 is 0. The van der Waals surface area contributed by atoms with Crippen molar-refractivity contribution in [3.63, 3.8) is 0 Å². The van der Waals surface area contributed by atoms with Crippen molar-refractivity contribution in [1.82, 2.24) is 0 Å². The van der Waals surface area contributed by atoms with Gasteiger partial charge in [0, 0.05) is 6.04 Å². The van der Waals surface area contributed by atoms with Crippen LogP contribution in [0.3, 0.4) is 0 Å². The van der Waals surface area contributed by atoms with Crippen LogP contribution in [-0.4, -0.2) is 6.04 Å². The van der Waals surface area contributed by atoms with E-state index in [1.807, 2.05) is 0 Å². The lowest BCUT2D eigenvalue weighted by molar-refractivity contribution is 0.0969. The second kappa shape index (κ2) is 2.98. The Morgan fingerprint density at radius 3 is 2.79 bits per heavy atom. The van der Waals surface area contributed by atoms with E-state index in [4.69, 9.17) is 5.73 Å². The Morgan fingerprint density at radius 1 is 1.21 bits per heavy atom. The summed E-state index contributed by atoms with van der Waals surface area (Å²) < 4.78 is 0. The largest absolute Gasteiger partial charge is 0.327 e. The number of rotatable bonds is 1. The number of nitrogens with two attached hydrogens (primary N) is 1. The highest BCUT2D eigenvalue weighted by molar-refractivity contribution is 5.02. The lowest BCUT2D eigenvalue weighted by Gasteiger charge is -2.43. The first-order chi connectivity index (χ1) is 6.70.